The average Bonchev–Trinajstić information content (AvgIpc) is 3.16. The number of rotatable bonds is 8. The first kappa shape index (κ1) is 22.0. The summed E-state index contributed by atoms with van der Waals surface area (Å²) < 4.78 is 28.5. The zero-order chi connectivity index (χ0) is 21.3. The Balaban J connectivity index is 1.85. The molecule has 29 heavy (non-hydrogen) atoms. The molecule has 0 bridgehead atoms. The topological polar surface area (TPSA) is 195 Å². The molecule has 13 nitrogen and oxygen atoms in total. The van der Waals surface area contributed by atoms with Crippen molar-refractivity contribution in [3.05, 3.63) is 12.7 Å². The van der Waals surface area contributed by atoms with Crippen LogP contribution in [0.5, 0.6) is 0 Å². The third-order valence-electron chi connectivity index (χ3n) is 4.42. The number of hydrogen-bond donors (Lipinski definition) is 5. The molecule has 5 atom stereocenters. The predicted molar refractivity (Wildman–Crippen MR) is 98.0 cm³/mol. The number of nitrogens with zero attached hydrogens (tertiary/aromatic N) is 4. The molecule has 0 aliphatic carbocycles. The summed E-state index contributed by atoms with van der Waals surface area (Å²) in [5, 5.41) is 20.9. The second kappa shape index (κ2) is 8.58. The first-order chi connectivity index (χ1) is 13.6. The predicted octanol–water partition coefficient (Wildman–Crippen LogP) is -0.474. The van der Waals surface area contributed by atoms with E-state index in [1.807, 2.05) is 13.8 Å². The molecule has 6 N–H and O–H groups in total. The minimum Gasteiger partial charge on any atom is -0.387 e. The van der Waals surface area contributed by atoms with Gasteiger partial charge in [0.2, 0.25) is 0 Å². The number of nitrogens with two attached hydrogens (primary N) is 1. The normalized spacial score (nSPS) is 26.4. The molecule has 3 rings (SSSR count). The average molecular weight is 433 g/mol. The summed E-state index contributed by atoms with van der Waals surface area (Å²) in [5.74, 6) is 0.388. The molecule has 0 spiro atoms. The van der Waals surface area contributed by atoms with Crippen molar-refractivity contribution in [1.82, 2.24) is 19.5 Å². The number of phosphoric acid groups is 1. The maximum Gasteiger partial charge on any atom is 0.472 e. The van der Waals surface area contributed by atoms with E-state index in [1.54, 1.807) is 0 Å². The molecule has 0 saturated carbocycles. The van der Waals surface area contributed by atoms with E-state index in [1.165, 1.54) is 17.2 Å². The monoisotopic (exact) mass is 433 g/mol. The largest absolute Gasteiger partial charge is 0.472 e. The summed E-state index contributed by atoms with van der Waals surface area (Å²) in [4.78, 5) is 30.3. The molecule has 2 aromatic rings. The van der Waals surface area contributed by atoms with E-state index >= 15 is 0 Å². The number of nitrogen functional groups attached to an aromatic ring is 1. The van der Waals surface area contributed by atoms with Crippen molar-refractivity contribution in [3.63, 3.8) is 0 Å². The lowest BCUT2D eigenvalue weighted by atomic mass is 10.1. The van der Waals surface area contributed by atoms with Gasteiger partial charge in [-0.1, -0.05) is 13.8 Å². The maximum absolute atomic E-state index is 11.4. The second-order valence-electron chi connectivity index (χ2n) is 7.07. The third kappa shape index (κ3) is 4.90. The minimum atomic E-state index is -4.96. The first-order valence-corrected chi connectivity index (χ1v) is 10.4. The van der Waals surface area contributed by atoms with Crippen LogP contribution < -0.4 is 5.73 Å². The lowest BCUT2D eigenvalue weighted by Crippen LogP contribution is -2.41. The summed E-state index contributed by atoms with van der Waals surface area (Å²) in [6, 6.07) is 0. The number of hydrogen-bond acceptors (Lipinski definition) is 10. The Kier molecular flexibility index (Phi) is 6.51. The van der Waals surface area contributed by atoms with Crippen molar-refractivity contribution >= 4 is 24.8 Å². The van der Waals surface area contributed by atoms with Gasteiger partial charge in [0, 0.05) is 0 Å². The zero-order valence-corrected chi connectivity index (χ0v) is 16.7. The van der Waals surface area contributed by atoms with Crippen LogP contribution in [0.15, 0.2) is 12.7 Å². The smallest absolute Gasteiger partial charge is 0.387 e. The van der Waals surface area contributed by atoms with Crippen molar-refractivity contribution in [3.8, 4) is 0 Å². The van der Waals surface area contributed by atoms with Crippen molar-refractivity contribution in [2.45, 2.75) is 51.1 Å². The molecule has 1 unspecified atom stereocenters. The lowest BCUT2D eigenvalue weighted by molar-refractivity contribution is -0.189. The van der Waals surface area contributed by atoms with Crippen molar-refractivity contribution in [2.24, 2.45) is 5.92 Å². The third-order valence-corrected chi connectivity index (χ3v) is 4.91. The number of imidazole rings is 1. The number of fused-ring (bicyclic) bond motifs is 1. The van der Waals surface area contributed by atoms with Crippen LogP contribution in [0, 0.1) is 5.92 Å². The van der Waals surface area contributed by atoms with Crippen molar-refractivity contribution in [1.29, 1.82) is 0 Å². The summed E-state index contributed by atoms with van der Waals surface area (Å²) in [7, 11) is -4.96. The Morgan fingerprint density at radius 1 is 1.28 bits per heavy atom. The molecule has 0 radical (unpaired) electrons. The molecule has 14 heteroatoms. The highest BCUT2D eigenvalue weighted by Crippen LogP contribution is 2.42. The fourth-order valence-electron chi connectivity index (χ4n) is 2.94. The number of aliphatic hydroxyl groups excluding tert-OH is 2. The quantitative estimate of drug-likeness (QED) is 0.265. The number of aliphatic hydroxyl groups is 2. The van der Waals surface area contributed by atoms with E-state index in [-0.39, 0.29) is 29.5 Å². The number of phosphoric ester groups is 1. The summed E-state index contributed by atoms with van der Waals surface area (Å²) >= 11 is 0. The second-order valence-corrected chi connectivity index (χ2v) is 8.27. The SMILES string of the molecule is CC(C)CCOC(OP(=O)(O)O)[C@H]1O[C@@H](n2cnc3c(N)ncnc32)[C@H](O)[C@@H]1O. The van der Waals surface area contributed by atoms with Gasteiger partial charge < -0.3 is 35.2 Å². The van der Waals surface area contributed by atoms with Gasteiger partial charge in [-0.2, -0.15) is 0 Å². The van der Waals surface area contributed by atoms with E-state index in [9.17, 15) is 24.6 Å². The molecule has 1 fully saturated rings. The highest BCUT2D eigenvalue weighted by Gasteiger charge is 2.50. The van der Waals surface area contributed by atoms with Crippen LogP contribution in [0.2, 0.25) is 0 Å². The summed E-state index contributed by atoms with van der Waals surface area (Å²) in [6.07, 6.45) is -4.12. The van der Waals surface area contributed by atoms with Gasteiger partial charge in [-0.15, -0.1) is 0 Å². The standard InChI is InChI=1S/C15H24N5O8P/c1-7(2)3-4-26-15(28-29(23,24)25)11-9(21)10(22)14(27-11)20-6-19-8-12(16)17-5-18-13(8)20/h5-7,9-11,14-15,21-22H,3-4H2,1-2H3,(H2,16,17,18)(H2,23,24,25)/t9-,10+,11-,14+,15?/m0/s1. The highest BCUT2D eigenvalue weighted by molar-refractivity contribution is 7.46. The Morgan fingerprint density at radius 3 is 2.66 bits per heavy atom. The Bertz CT molecular complexity index is 889. The van der Waals surface area contributed by atoms with Gasteiger partial charge in [0.1, 0.15) is 30.2 Å². The lowest BCUT2D eigenvalue weighted by Gasteiger charge is -2.26. The van der Waals surface area contributed by atoms with Crippen molar-refractivity contribution in [2.75, 3.05) is 12.3 Å². The van der Waals surface area contributed by atoms with Gasteiger partial charge in [-0.25, -0.2) is 19.5 Å². The molecule has 0 aromatic carbocycles. The van der Waals surface area contributed by atoms with E-state index in [4.69, 9.17) is 15.2 Å². The van der Waals surface area contributed by atoms with E-state index in [0.29, 0.717) is 6.42 Å². The molecule has 1 saturated heterocycles. The fraction of sp³-hybridized carbons (Fsp3) is 0.667. The first-order valence-electron chi connectivity index (χ1n) is 8.88. The number of aromatic nitrogens is 4. The van der Waals surface area contributed by atoms with Gasteiger partial charge in [0.15, 0.2) is 24.0 Å². The van der Waals surface area contributed by atoms with Gasteiger partial charge in [0.25, 0.3) is 0 Å². The number of anilines is 1. The molecule has 1 aliphatic rings. The molecular weight excluding hydrogens is 409 g/mol. The fourth-order valence-corrected chi connectivity index (χ4v) is 3.39. The Labute approximate surface area is 165 Å². The summed E-state index contributed by atoms with van der Waals surface area (Å²) in [5.41, 5.74) is 6.28. The van der Waals surface area contributed by atoms with E-state index < -0.39 is 38.7 Å². The molecule has 2 aromatic heterocycles. The van der Waals surface area contributed by atoms with Crippen LogP contribution in [0.4, 0.5) is 5.82 Å². The molecular formula is C15H24N5O8P. The van der Waals surface area contributed by atoms with Crippen LogP contribution in [0.1, 0.15) is 26.5 Å². The minimum absolute atomic E-state index is 0.105. The molecule has 1 aliphatic heterocycles. The zero-order valence-electron chi connectivity index (χ0n) is 15.8. The van der Waals surface area contributed by atoms with Gasteiger partial charge in [0.05, 0.1) is 12.9 Å². The highest BCUT2D eigenvalue weighted by atomic mass is 31.2. The number of ether oxygens (including phenoxy) is 2. The van der Waals surface area contributed by atoms with Crippen LogP contribution in [-0.2, 0) is 18.6 Å². The Morgan fingerprint density at radius 2 is 2.00 bits per heavy atom. The summed E-state index contributed by atoms with van der Waals surface area (Å²) in [6.45, 7) is 3.99. The molecule has 3 heterocycles. The van der Waals surface area contributed by atoms with Crippen LogP contribution in [-0.4, -0.2) is 70.7 Å². The van der Waals surface area contributed by atoms with Crippen LogP contribution >= 0.6 is 7.82 Å². The molecule has 162 valence electrons. The van der Waals surface area contributed by atoms with Crippen LogP contribution in [0.25, 0.3) is 11.2 Å². The van der Waals surface area contributed by atoms with Gasteiger partial charge in [-0.3, -0.25) is 9.09 Å². The van der Waals surface area contributed by atoms with Gasteiger partial charge >= 0.3 is 7.82 Å². The van der Waals surface area contributed by atoms with E-state index in [0.717, 1.165) is 0 Å². The Hall–Kier alpha value is -1.70. The maximum atomic E-state index is 11.4. The van der Waals surface area contributed by atoms with Crippen molar-refractivity contribution < 1.29 is 38.6 Å². The molecule has 0 amide bonds. The van der Waals surface area contributed by atoms with E-state index in [2.05, 4.69) is 19.5 Å². The van der Waals surface area contributed by atoms with Gasteiger partial charge in [-0.05, 0) is 12.3 Å². The van der Waals surface area contributed by atoms with Crippen LogP contribution in [0.3, 0.4) is 0 Å².